The van der Waals surface area contributed by atoms with E-state index in [1.165, 1.54) is 24.3 Å². The van der Waals surface area contributed by atoms with Crippen molar-refractivity contribution >= 4 is 64.0 Å². The number of furan rings is 1. The van der Waals surface area contributed by atoms with E-state index in [1.54, 1.807) is 60.7 Å². The molecular weight excluding hydrogens is 686 g/mol. The van der Waals surface area contributed by atoms with Gasteiger partial charge in [0.2, 0.25) is 11.8 Å². The highest BCUT2D eigenvalue weighted by molar-refractivity contribution is 6.58. The number of benzene rings is 3. The summed E-state index contributed by atoms with van der Waals surface area (Å²) in [4.78, 5) is 67.7. The van der Waals surface area contributed by atoms with Crippen LogP contribution in [-0.4, -0.2) is 44.3 Å². The molecular formula is C38H27Cl2FN2O7. The standard InChI is InChI=1S/C38H27Cl2FN2O7/c39-37-18-28-26(31(29-17-14-25(19-44)50-29)38(37,40)36(49)43(35(37)48)24-12-8-22(41)9-13-24)15-16-27-30(28)34(47)42(33(27)46)23-10-6-21(7-11-23)32(45)20-4-2-1-3-5-20/h1-15,17,27-28,30-31,44H,16,18-19H2/t27-,28+,30-,31+,37+,38-/m0/s1. The first kappa shape index (κ1) is 32.3. The molecule has 0 radical (unpaired) electrons. The van der Waals surface area contributed by atoms with E-state index in [9.17, 15) is 33.5 Å². The van der Waals surface area contributed by atoms with Crippen LogP contribution in [-0.2, 0) is 25.8 Å². The Balaban J connectivity index is 1.19. The molecule has 3 heterocycles. The van der Waals surface area contributed by atoms with E-state index in [-0.39, 0.29) is 41.5 Å². The second-order valence-corrected chi connectivity index (χ2v) is 14.2. The van der Waals surface area contributed by atoms with Gasteiger partial charge < -0.3 is 9.52 Å². The maximum absolute atomic E-state index is 14.4. The summed E-state index contributed by atoms with van der Waals surface area (Å²) in [6.45, 7) is -0.451. The van der Waals surface area contributed by atoms with Crippen molar-refractivity contribution in [3.8, 4) is 0 Å². The lowest BCUT2D eigenvalue weighted by molar-refractivity contribution is -0.125. The zero-order valence-electron chi connectivity index (χ0n) is 26.1. The number of fused-ring (bicyclic) bond motifs is 4. The molecule has 0 spiro atoms. The number of hydrogen-bond donors (Lipinski definition) is 1. The lowest BCUT2D eigenvalue weighted by atomic mass is 9.57. The highest BCUT2D eigenvalue weighted by atomic mass is 35.5. The van der Waals surface area contributed by atoms with Crippen molar-refractivity contribution in [2.75, 3.05) is 9.80 Å². The SMILES string of the molecule is O=C(c1ccccc1)c1ccc(N2C(=O)[C@H]3[C@H](CC=C4[C@H]3C[C@@]3(Cl)C(=O)N(c5ccc(F)cc5)C(=O)[C@@]3(Cl)[C@H]4c3ccc(CO)o3)C2=O)cc1. The fraction of sp³-hybridized carbons (Fsp3) is 0.237. The van der Waals surface area contributed by atoms with Crippen LogP contribution in [0.3, 0.4) is 0 Å². The van der Waals surface area contributed by atoms with Crippen molar-refractivity contribution in [2.45, 2.75) is 35.1 Å². The van der Waals surface area contributed by atoms with Gasteiger partial charge in [-0.2, -0.15) is 0 Å². The minimum absolute atomic E-state index is 0.0624. The molecule has 0 bridgehead atoms. The first-order chi connectivity index (χ1) is 24.0. The molecule has 3 aromatic carbocycles. The number of aliphatic hydroxyl groups excluding tert-OH is 1. The Hall–Kier alpha value is -4.90. The molecule has 3 fully saturated rings. The lowest BCUT2D eigenvalue weighted by Crippen LogP contribution is -2.60. The normalized spacial score (nSPS) is 28.8. The summed E-state index contributed by atoms with van der Waals surface area (Å²) in [5.74, 6) is -6.84. The molecule has 12 heteroatoms. The van der Waals surface area contributed by atoms with Gasteiger partial charge in [-0.05, 0) is 79.4 Å². The van der Waals surface area contributed by atoms with Gasteiger partial charge >= 0.3 is 0 Å². The summed E-state index contributed by atoms with van der Waals surface area (Å²) in [5.41, 5.74) is 1.75. The number of alkyl halides is 2. The van der Waals surface area contributed by atoms with E-state index in [0.717, 1.165) is 21.9 Å². The zero-order valence-corrected chi connectivity index (χ0v) is 27.6. The molecule has 6 atom stereocenters. The molecule has 50 heavy (non-hydrogen) atoms. The van der Waals surface area contributed by atoms with Crippen molar-refractivity contribution in [3.63, 3.8) is 0 Å². The quantitative estimate of drug-likeness (QED) is 0.114. The Morgan fingerprint density at radius 2 is 1.44 bits per heavy atom. The minimum atomic E-state index is -2.15. The summed E-state index contributed by atoms with van der Waals surface area (Å²) in [6, 6.07) is 22.7. The van der Waals surface area contributed by atoms with Crippen LogP contribution in [0.4, 0.5) is 15.8 Å². The van der Waals surface area contributed by atoms with Crippen LogP contribution in [0.25, 0.3) is 0 Å². The Labute approximate surface area is 294 Å². The van der Waals surface area contributed by atoms with Gasteiger partial charge in [-0.15, -0.1) is 23.2 Å². The van der Waals surface area contributed by atoms with Gasteiger partial charge in [-0.3, -0.25) is 28.9 Å². The maximum Gasteiger partial charge on any atom is 0.258 e. The predicted molar refractivity (Wildman–Crippen MR) is 180 cm³/mol. The molecule has 0 unspecified atom stereocenters. The van der Waals surface area contributed by atoms with Crippen LogP contribution in [0.15, 0.2) is 107 Å². The number of amides is 4. The lowest BCUT2D eigenvalue weighted by Gasteiger charge is -2.49. The van der Waals surface area contributed by atoms with Crippen LogP contribution < -0.4 is 9.80 Å². The second kappa shape index (κ2) is 11.6. The van der Waals surface area contributed by atoms with Crippen molar-refractivity contribution in [1.82, 2.24) is 0 Å². The second-order valence-electron chi connectivity index (χ2n) is 13.0. The number of imide groups is 2. The molecule has 2 aliphatic heterocycles. The molecule has 2 saturated heterocycles. The largest absolute Gasteiger partial charge is 0.463 e. The van der Waals surface area contributed by atoms with Gasteiger partial charge in [0.1, 0.15) is 23.9 Å². The van der Waals surface area contributed by atoms with E-state index in [0.29, 0.717) is 16.7 Å². The number of aliphatic hydroxyl groups is 1. The van der Waals surface area contributed by atoms with Crippen molar-refractivity contribution in [2.24, 2.45) is 17.8 Å². The number of anilines is 2. The summed E-state index contributed by atoms with van der Waals surface area (Å²) in [5, 5.41) is 9.79. The zero-order chi connectivity index (χ0) is 35.1. The van der Waals surface area contributed by atoms with Gasteiger partial charge in [0.05, 0.1) is 29.1 Å². The topological polar surface area (TPSA) is 125 Å². The summed E-state index contributed by atoms with van der Waals surface area (Å²) >= 11 is 14.6. The molecule has 1 N–H and O–H groups in total. The third-order valence-electron chi connectivity index (χ3n) is 10.4. The number of nitrogens with zero attached hydrogens (tertiary/aromatic N) is 2. The molecule has 4 aromatic rings. The Bertz CT molecular complexity index is 2130. The van der Waals surface area contributed by atoms with Crippen LogP contribution in [0.1, 0.15) is 46.2 Å². The number of ketones is 1. The number of rotatable bonds is 6. The summed E-state index contributed by atoms with van der Waals surface area (Å²) in [6.07, 6.45) is 1.65. The maximum atomic E-state index is 14.4. The Kier molecular flexibility index (Phi) is 7.49. The fourth-order valence-corrected chi connectivity index (χ4v) is 9.03. The van der Waals surface area contributed by atoms with E-state index in [1.807, 2.05) is 0 Å². The van der Waals surface area contributed by atoms with Crippen molar-refractivity contribution in [1.29, 1.82) is 0 Å². The highest BCUT2D eigenvalue weighted by Crippen LogP contribution is 2.66. The van der Waals surface area contributed by atoms with E-state index in [2.05, 4.69) is 0 Å². The van der Waals surface area contributed by atoms with E-state index in [4.69, 9.17) is 27.6 Å². The predicted octanol–water partition coefficient (Wildman–Crippen LogP) is 5.91. The average Bonchev–Trinajstić information content (AvgIpc) is 3.75. The molecule has 2 aliphatic carbocycles. The molecule has 1 saturated carbocycles. The molecule has 252 valence electrons. The first-order valence-electron chi connectivity index (χ1n) is 16.0. The molecule has 4 amide bonds. The van der Waals surface area contributed by atoms with Gasteiger partial charge in [-0.25, -0.2) is 9.29 Å². The number of carbonyl (C=O) groups excluding carboxylic acids is 5. The van der Waals surface area contributed by atoms with Crippen LogP contribution >= 0.6 is 23.2 Å². The van der Waals surface area contributed by atoms with Gasteiger partial charge in [0.25, 0.3) is 11.8 Å². The Morgan fingerprint density at radius 1 is 0.800 bits per heavy atom. The molecule has 8 rings (SSSR count). The summed E-state index contributed by atoms with van der Waals surface area (Å²) < 4.78 is 19.8. The smallest absolute Gasteiger partial charge is 0.258 e. The number of halogens is 3. The Morgan fingerprint density at radius 3 is 2.10 bits per heavy atom. The first-order valence-corrected chi connectivity index (χ1v) is 16.7. The number of allylic oxidation sites excluding steroid dienone is 2. The summed E-state index contributed by atoms with van der Waals surface area (Å²) in [7, 11) is 0. The monoisotopic (exact) mass is 712 g/mol. The van der Waals surface area contributed by atoms with Crippen LogP contribution in [0.2, 0.25) is 0 Å². The van der Waals surface area contributed by atoms with E-state index < -0.39 is 69.5 Å². The van der Waals surface area contributed by atoms with E-state index >= 15 is 0 Å². The van der Waals surface area contributed by atoms with Crippen LogP contribution in [0, 0.1) is 23.6 Å². The number of hydrogen-bond acceptors (Lipinski definition) is 7. The minimum Gasteiger partial charge on any atom is -0.463 e. The third kappa shape index (κ3) is 4.44. The molecule has 4 aliphatic rings. The molecule has 9 nitrogen and oxygen atoms in total. The third-order valence-corrected chi connectivity index (χ3v) is 11.9. The number of carbonyl (C=O) groups is 5. The van der Waals surface area contributed by atoms with Gasteiger partial charge in [0, 0.05) is 11.1 Å². The van der Waals surface area contributed by atoms with Crippen LogP contribution in [0.5, 0.6) is 0 Å². The average molecular weight is 714 g/mol. The van der Waals surface area contributed by atoms with Crippen molar-refractivity contribution in [3.05, 3.63) is 131 Å². The van der Waals surface area contributed by atoms with Gasteiger partial charge in [-0.1, -0.05) is 42.0 Å². The fourth-order valence-electron chi connectivity index (χ4n) is 8.12. The highest BCUT2D eigenvalue weighted by Gasteiger charge is 2.77. The van der Waals surface area contributed by atoms with Crippen molar-refractivity contribution < 1.29 is 37.9 Å². The van der Waals surface area contributed by atoms with Gasteiger partial charge in [0.15, 0.2) is 15.5 Å². The molecule has 1 aromatic heterocycles.